The molecule has 0 unspecified atom stereocenters. The van der Waals surface area contributed by atoms with E-state index in [1.165, 1.54) is 0 Å². The summed E-state index contributed by atoms with van der Waals surface area (Å²) in [5, 5.41) is 1.03. The molecule has 3 nitrogen and oxygen atoms in total. The van der Waals surface area contributed by atoms with Crippen molar-refractivity contribution in [3.05, 3.63) is 54.7 Å². The first kappa shape index (κ1) is 9.78. The van der Waals surface area contributed by atoms with E-state index in [1.54, 1.807) is 6.20 Å². The van der Waals surface area contributed by atoms with Crippen molar-refractivity contribution in [1.82, 2.24) is 9.97 Å². The lowest BCUT2D eigenvalue weighted by Gasteiger charge is -2.05. The lowest BCUT2D eigenvalue weighted by Crippen LogP contribution is -1.92. The van der Waals surface area contributed by atoms with Gasteiger partial charge in [0, 0.05) is 22.8 Å². The summed E-state index contributed by atoms with van der Waals surface area (Å²) in [4.78, 5) is 8.76. The topological polar surface area (TPSA) is 51.8 Å². The quantitative estimate of drug-likeness (QED) is 0.643. The van der Waals surface area contributed by atoms with Crippen LogP contribution in [0.5, 0.6) is 0 Å². The number of rotatable bonds is 1. The van der Waals surface area contributed by atoms with E-state index in [0.717, 1.165) is 28.0 Å². The number of para-hydroxylation sites is 1. The van der Waals surface area contributed by atoms with Gasteiger partial charge in [0.1, 0.15) is 0 Å². The molecule has 17 heavy (non-hydrogen) atoms. The minimum Gasteiger partial charge on any atom is -0.398 e. The van der Waals surface area contributed by atoms with Crippen LogP contribution in [0, 0.1) is 0 Å². The van der Waals surface area contributed by atoms with E-state index < -0.39 is 0 Å². The molecule has 0 aliphatic heterocycles. The fourth-order valence-corrected chi connectivity index (χ4v) is 1.83. The third kappa shape index (κ3) is 1.72. The summed E-state index contributed by atoms with van der Waals surface area (Å²) in [6, 6.07) is 15.6. The molecule has 2 heterocycles. The SMILES string of the molecule is Nc1ccccc1-c1ccc2cccnc2n1. The molecule has 1 aromatic carbocycles. The molecule has 0 atom stereocenters. The van der Waals surface area contributed by atoms with Crippen LogP contribution >= 0.6 is 0 Å². The Morgan fingerprint density at radius 3 is 2.65 bits per heavy atom. The molecule has 0 saturated heterocycles. The number of benzene rings is 1. The van der Waals surface area contributed by atoms with Crippen molar-refractivity contribution in [3.8, 4) is 11.3 Å². The Balaban J connectivity index is 2.22. The molecule has 0 radical (unpaired) electrons. The summed E-state index contributed by atoms with van der Waals surface area (Å²) in [6.45, 7) is 0. The normalized spacial score (nSPS) is 10.6. The number of nitrogens with two attached hydrogens (primary N) is 1. The fourth-order valence-electron chi connectivity index (χ4n) is 1.83. The zero-order valence-electron chi connectivity index (χ0n) is 9.17. The third-order valence-corrected chi connectivity index (χ3v) is 2.70. The first-order valence-electron chi connectivity index (χ1n) is 5.41. The van der Waals surface area contributed by atoms with E-state index >= 15 is 0 Å². The monoisotopic (exact) mass is 221 g/mol. The van der Waals surface area contributed by atoms with Crippen LogP contribution in [0.25, 0.3) is 22.3 Å². The van der Waals surface area contributed by atoms with Gasteiger partial charge in [-0.2, -0.15) is 0 Å². The summed E-state index contributed by atoms with van der Waals surface area (Å²) in [7, 11) is 0. The van der Waals surface area contributed by atoms with Gasteiger partial charge in [0.2, 0.25) is 0 Å². The highest BCUT2D eigenvalue weighted by atomic mass is 14.8. The van der Waals surface area contributed by atoms with Gasteiger partial charge in [-0.25, -0.2) is 9.97 Å². The van der Waals surface area contributed by atoms with Gasteiger partial charge < -0.3 is 5.73 Å². The van der Waals surface area contributed by atoms with E-state index in [0.29, 0.717) is 0 Å². The second-order valence-corrected chi connectivity index (χ2v) is 3.83. The number of nitrogens with zero attached hydrogens (tertiary/aromatic N) is 2. The molecule has 0 aliphatic carbocycles. The van der Waals surface area contributed by atoms with Crippen molar-refractivity contribution < 1.29 is 0 Å². The Bertz CT molecular complexity index is 677. The second-order valence-electron chi connectivity index (χ2n) is 3.83. The summed E-state index contributed by atoms with van der Waals surface area (Å²) in [5.41, 5.74) is 9.21. The molecule has 2 aromatic heterocycles. The molecule has 0 bridgehead atoms. The largest absolute Gasteiger partial charge is 0.398 e. The Hall–Kier alpha value is -2.42. The predicted octanol–water partition coefficient (Wildman–Crippen LogP) is 2.88. The number of hydrogen-bond donors (Lipinski definition) is 1. The van der Waals surface area contributed by atoms with E-state index in [4.69, 9.17) is 5.73 Å². The van der Waals surface area contributed by atoms with Gasteiger partial charge >= 0.3 is 0 Å². The van der Waals surface area contributed by atoms with Crippen LogP contribution in [-0.4, -0.2) is 9.97 Å². The van der Waals surface area contributed by atoms with Gasteiger partial charge in [-0.3, -0.25) is 0 Å². The Labute approximate surface area is 98.9 Å². The molecule has 0 aliphatic rings. The molecule has 0 fully saturated rings. The second kappa shape index (κ2) is 3.87. The molecule has 0 spiro atoms. The number of pyridine rings is 2. The maximum absolute atomic E-state index is 5.94. The molecule has 0 saturated carbocycles. The standard InChI is InChI=1S/C14H11N3/c15-12-6-2-1-5-11(12)13-8-7-10-4-3-9-16-14(10)17-13/h1-9H,15H2. The van der Waals surface area contributed by atoms with Crippen LogP contribution in [0.2, 0.25) is 0 Å². The van der Waals surface area contributed by atoms with Crippen LogP contribution in [-0.2, 0) is 0 Å². The van der Waals surface area contributed by atoms with Gasteiger partial charge in [-0.05, 0) is 30.3 Å². The highest BCUT2D eigenvalue weighted by molar-refractivity contribution is 5.81. The fraction of sp³-hybridized carbons (Fsp3) is 0. The van der Waals surface area contributed by atoms with Gasteiger partial charge in [0.05, 0.1) is 5.69 Å². The number of aromatic nitrogens is 2. The van der Waals surface area contributed by atoms with Crippen LogP contribution in [0.1, 0.15) is 0 Å². The van der Waals surface area contributed by atoms with Crippen molar-refractivity contribution in [2.75, 3.05) is 5.73 Å². The predicted molar refractivity (Wildman–Crippen MR) is 69.4 cm³/mol. The lowest BCUT2D eigenvalue weighted by atomic mass is 10.1. The highest BCUT2D eigenvalue weighted by Gasteiger charge is 2.04. The van der Waals surface area contributed by atoms with Crippen LogP contribution in [0.15, 0.2) is 54.7 Å². The van der Waals surface area contributed by atoms with Crippen molar-refractivity contribution in [1.29, 1.82) is 0 Å². The van der Waals surface area contributed by atoms with Crippen LogP contribution in [0.3, 0.4) is 0 Å². The molecular weight excluding hydrogens is 210 g/mol. The Kier molecular flexibility index (Phi) is 2.22. The molecule has 2 N–H and O–H groups in total. The van der Waals surface area contributed by atoms with Crippen LogP contribution in [0.4, 0.5) is 5.69 Å². The first-order chi connectivity index (χ1) is 8.34. The van der Waals surface area contributed by atoms with E-state index in [9.17, 15) is 0 Å². The maximum atomic E-state index is 5.94. The van der Waals surface area contributed by atoms with E-state index in [-0.39, 0.29) is 0 Å². The van der Waals surface area contributed by atoms with Crippen molar-refractivity contribution in [2.24, 2.45) is 0 Å². The summed E-state index contributed by atoms with van der Waals surface area (Å²) in [5.74, 6) is 0. The number of anilines is 1. The lowest BCUT2D eigenvalue weighted by molar-refractivity contribution is 1.29. The zero-order chi connectivity index (χ0) is 11.7. The van der Waals surface area contributed by atoms with Gasteiger partial charge in [-0.1, -0.05) is 18.2 Å². The van der Waals surface area contributed by atoms with Crippen molar-refractivity contribution in [3.63, 3.8) is 0 Å². The van der Waals surface area contributed by atoms with Crippen molar-refractivity contribution in [2.45, 2.75) is 0 Å². The first-order valence-corrected chi connectivity index (χ1v) is 5.41. The van der Waals surface area contributed by atoms with Gasteiger partial charge in [-0.15, -0.1) is 0 Å². The average Bonchev–Trinajstić information content (AvgIpc) is 2.39. The average molecular weight is 221 g/mol. The number of nitrogen functional groups attached to an aromatic ring is 1. The highest BCUT2D eigenvalue weighted by Crippen LogP contribution is 2.24. The molecule has 3 rings (SSSR count). The summed E-state index contributed by atoms with van der Waals surface area (Å²) in [6.07, 6.45) is 1.74. The molecule has 3 heteroatoms. The minimum absolute atomic E-state index is 0.732. The summed E-state index contributed by atoms with van der Waals surface area (Å²) >= 11 is 0. The third-order valence-electron chi connectivity index (χ3n) is 2.70. The smallest absolute Gasteiger partial charge is 0.159 e. The van der Waals surface area contributed by atoms with E-state index in [2.05, 4.69) is 9.97 Å². The van der Waals surface area contributed by atoms with Crippen LogP contribution < -0.4 is 5.73 Å². The number of fused-ring (bicyclic) bond motifs is 1. The molecule has 3 aromatic rings. The summed E-state index contributed by atoms with van der Waals surface area (Å²) < 4.78 is 0. The maximum Gasteiger partial charge on any atom is 0.159 e. The van der Waals surface area contributed by atoms with E-state index in [1.807, 2.05) is 48.5 Å². The molecular formula is C14H11N3. The molecule has 0 amide bonds. The zero-order valence-corrected chi connectivity index (χ0v) is 9.17. The number of hydrogen-bond acceptors (Lipinski definition) is 3. The van der Waals surface area contributed by atoms with Crippen molar-refractivity contribution >= 4 is 16.7 Å². The Morgan fingerprint density at radius 2 is 1.76 bits per heavy atom. The minimum atomic E-state index is 0.732. The van der Waals surface area contributed by atoms with Gasteiger partial charge in [0.15, 0.2) is 5.65 Å². The van der Waals surface area contributed by atoms with Gasteiger partial charge in [0.25, 0.3) is 0 Å². The Morgan fingerprint density at radius 1 is 0.882 bits per heavy atom. The molecule has 82 valence electrons.